The van der Waals surface area contributed by atoms with Crippen molar-refractivity contribution in [3.05, 3.63) is 93.1 Å². The van der Waals surface area contributed by atoms with Crippen molar-refractivity contribution in [2.75, 3.05) is 37.6 Å². The van der Waals surface area contributed by atoms with Gasteiger partial charge in [-0.1, -0.05) is 41.4 Å². The molecular formula is C30H33Cl2F2N5O. The highest BCUT2D eigenvalue weighted by atomic mass is 35.5. The van der Waals surface area contributed by atoms with Crippen LogP contribution in [-0.2, 0) is 13.1 Å². The first-order valence-electron chi connectivity index (χ1n) is 13.6. The van der Waals surface area contributed by atoms with Crippen LogP contribution in [0.15, 0.2) is 54.7 Å². The zero-order chi connectivity index (χ0) is 28.2. The molecule has 2 saturated heterocycles. The summed E-state index contributed by atoms with van der Waals surface area (Å²) in [6.07, 6.45) is 3.80. The minimum absolute atomic E-state index is 0.0644. The fourth-order valence-electron chi connectivity index (χ4n) is 5.69. The van der Waals surface area contributed by atoms with Crippen molar-refractivity contribution in [2.45, 2.75) is 44.9 Å². The van der Waals surface area contributed by atoms with E-state index in [9.17, 15) is 13.6 Å². The summed E-state index contributed by atoms with van der Waals surface area (Å²) >= 11 is 12.6. The topological polar surface area (TPSA) is 51.7 Å². The molecule has 0 aliphatic carbocycles. The van der Waals surface area contributed by atoms with E-state index in [2.05, 4.69) is 44.1 Å². The van der Waals surface area contributed by atoms with Crippen LogP contribution in [0.1, 0.15) is 41.3 Å². The first kappa shape index (κ1) is 28.7. The van der Waals surface area contributed by atoms with Gasteiger partial charge in [-0.05, 0) is 74.3 Å². The molecule has 1 aromatic heterocycles. The highest BCUT2D eigenvalue weighted by molar-refractivity contribution is 6.33. The number of carbonyl (C=O) groups excluding carboxylic acids is 1. The first-order chi connectivity index (χ1) is 19.3. The number of likely N-dealkylation sites (tertiary alicyclic amines) is 1. The van der Waals surface area contributed by atoms with E-state index in [4.69, 9.17) is 23.2 Å². The summed E-state index contributed by atoms with van der Waals surface area (Å²) in [4.78, 5) is 24.4. The molecule has 2 aromatic carbocycles. The molecule has 0 saturated carbocycles. The quantitative estimate of drug-likeness (QED) is 0.380. The number of carbonyl (C=O) groups is 1. The Morgan fingerprint density at radius 1 is 0.975 bits per heavy atom. The molecule has 2 aliphatic heterocycles. The molecule has 2 fully saturated rings. The second kappa shape index (κ2) is 12.8. The van der Waals surface area contributed by atoms with Gasteiger partial charge in [0.15, 0.2) is 11.6 Å². The Labute approximate surface area is 243 Å². The summed E-state index contributed by atoms with van der Waals surface area (Å²) in [7, 11) is 0. The number of rotatable bonds is 7. The highest BCUT2D eigenvalue weighted by Crippen LogP contribution is 2.29. The fraction of sp³-hybridized carbons (Fsp3) is 0.400. The van der Waals surface area contributed by atoms with E-state index in [0.717, 1.165) is 69.3 Å². The van der Waals surface area contributed by atoms with Crippen LogP contribution in [0.5, 0.6) is 0 Å². The number of hydrogen-bond donors (Lipinski definition) is 1. The van der Waals surface area contributed by atoms with Crippen LogP contribution in [0.25, 0.3) is 0 Å². The minimum atomic E-state index is -0.949. The van der Waals surface area contributed by atoms with Crippen molar-refractivity contribution in [1.82, 2.24) is 20.1 Å². The lowest BCUT2D eigenvalue weighted by atomic mass is 9.99. The van der Waals surface area contributed by atoms with Crippen molar-refractivity contribution < 1.29 is 13.6 Å². The van der Waals surface area contributed by atoms with Gasteiger partial charge in [0.1, 0.15) is 5.82 Å². The standard InChI is InChI=1S/C30H33Cl2F2N5O/c1-20-18-38(12-13-39(20)25-8-10-37(11-9-25)19-21-2-5-24(31)6-3-21)29-26(32)15-23(17-35-29)30(40)36-16-22-4-7-27(33)28(34)14-22/h2-7,14-15,17,20,25H,8-13,16,18-19H2,1H3,(H,36,40)/t20-/m1/s1. The van der Waals surface area contributed by atoms with Crippen LogP contribution < -0.4 is 10.2 Å². The molecule has 0 bridgehead atoms. The van der Waals surface area contributed by atoms with Crippen molar-refractivity contribution >= 4 is 34.9 Å². The van der Waals surface area contributed by atoms with Crippen LogP contribution >= 0.6 is 23.2 Å². The molecule has 212 valence electrons. The molecule has 0 unspecified atom stereocenters. The zero-order valence-electron chi connectivity index (χ0n) is 22.4. The molecule has 1 amide bonds. The maximum Gasteiger partial charge on any atom is 0.253 e. The maximum absolute atomic E-state index is 13.4. The van der Waals surface area contributed by atoms with E-state index >= 15 is 0 Å². The smallest absolute Gasteiger partial charge is 0.253 e. The molecular weight excluding hydrogens is 555 g/mol. The van der Waals surface area contributed by atoms with E-state index in [1.54, 1.807) is 6.07 Å². The largest absolute Gasteiger partial charge is 0.353 e. The summed E-state index contributed by atoms with van der Waals surface area (Å²) in [5.74, 6) is -1.59. The Hall–Kier alpha value is -2.78. The molecule has 0 spiro atoms. The third kappa shape index (κ3) is 6.92. The number of nitrogens with zero attached hydrogens (tertiary/aromatic N) is 4. The van der Waals surface area contributed by atoms with Crippen LogP contribution in [0.4, 0.5) is 14.6 Å². The van der Waals surface area contributed by atoms with E-state index in [1.807, 2.05) is 12.1 Å². The Kier molecular flexibility index (Phi) is 9.20. The van der Waals surface area contributed by atoms with E-state index in [-0.39, 0.29) is 12.5 Å². The van der Waals surface area contributed by atoms with Gasteiger partial charge in [-0.15, -0.1) is 0 Å². The maximum atomic E-state index is 13.4. The van der Waals surface area contributed by atoms with Gasteiger partial charge in [0.25, 0.3) is 5.91 Å². The van der Waals surface area contributed by atoms with E-state index in [1.165, 1.54) is 17.8 Å². The lowest BCUT2D eigenvalue weighted by Crippen LogP contribution is -2.57. The van der Waals surface area contributed by atoms with Gasteiger partial charge in [0.2, 0.25) is 0 Å². The van der Waals surface area contributed by atoms with Gasteiger partial charge < -0.3 is 10.2 Å². The van der Waals surface area contributed by atoms with E-state index in [0.29, 0.717) is 34.1 Å². The molecule has 2 aliphatic rings. The number of amides is 1. The fourth-order valence-corrected chi connectivity index (χ4v) is 6.10. The van der Waals surface area contributed by atoms with Gasteiger partial charge in [-0.3, -0.25) is 14.6 Å². The van der Waals surface area contributed by atoms with Crippen LogP contribution in [0, 0.1) is 11.6 Å². The van der Waals surface area contributed by atoms with E-state index < -0.39 is 11.6 Å². The number of pyridine rings is 1. The Bertz CT molecular complexity index is 1330. The predicted octanol–water partition coefficient (Wildman–Crippen LogP) is 5.77. The lowest BCUT2D eigenvalue weighted by molar-refractivity contribution is 0.0690. The second-order valence-electron chi connectivity index (χ2n) is 10.6. The number of piperidine rings is 1. The number of piperazine rings is 1. The van der Waals surface area contributed by atoms with Crippen molar-refractivity contribution in [1.29, 1.82) is 0 Å². The third-order valence-corrected chi connectivity index (χ3v) is 8.38. The molecule has 5 rings (SSSR count). The molecule has 3 aromatic rings. The van der Waals surface area contributed by atoms with Crippen molar-refractivity contribution in [3.63, 3.8) is 0 Å². The Morgan fingerprint density at radius 3 is 2.38 bits per heavy atom. The normalized spacial score (nSPS) is 19.1. The molecule has 3 heterocycles. The average Bonchev–Trinajstić information content (AvgIpc) is 2.95. The summed E-state index contributed by atoms with van der Waals surface area (Å²) in [5, 5.41) is 3.88. The molecule has 0 radical (unpaired) electrons. The summed E-state index contributed by atoms with van der Waals surface area (Å²) < 4.78 is 26.6. The monoisotopic (exact) mass is 587 g/mol. The van der Waals surface area contributed by atoms with Gasteiger partial charge in [-0.2, -0.15) is 0 Å². The second-order valence-corrected chi connectivity index (χ2v) is 11.5. The SMILES string of the molecule is C[C@@H]1CN(c2ncc(C(=O)NCc3ccc(F)c(F)c3)cc2Cl)CCN1C1CCN(Cc2ccc(Cl)cc2)CC1. The number of aromatic nitrogens is 1. The third-order valence-electron chi connectivity index (χ3n) is 7.85. The molecule has 10 heteroatoms. The minimum Gasteiger partial charge on any atom is -0.353 e. The van der Waals surface area contributed by atoms with Crippen molar-refractivity contribution in [3.8, 4) is 0 Å². The molecule has 40 heavy (non-hydrogen) atoms. The number of benzene rings is 2. The zero-order valence-corrected chi connectivity index (χ0v) is 23.9. The number of nitrogens with one attached hydrogen (secondary N) is 1. The van der Waals surface area contributed by atoms with Gasteiger partial charge in [-0.25, -0.2) is 13.8 Å². The van der Waals surface area contributed by atoms with Crippen molar-refractivity contribution in [2.24, 2.45) is 0 Å². The Morgan fingerprint density at radius 2 is 1.70 bits per heavy atom. The van der Waals surface area contributed by atoms with Crippen LogP contribution in [0.3, 0.4) is 0 Å². The number of anilines is 1. The Balaban J connectivity index is 1.12. The first-order valence-corrected chi connectivity index (χ1v) is 14.4. The molecule has 1 atom stereocenters. The number of halogens is 4. The predicted molar refractivity (Wildman–Crippen MR) is 155 cm³/mol. The van der Waals surface area contributed by atoms with Gasteiger partial charge in [0.05, 0.1) is 10.6 Å². The highest BCUT2D eigenvalue weighted by Gasteiger charge is 2.32. The summed E-state index contributed by atoms with van der Waals surface area (Å²) in [6.45, 7) is 7.96. The average molecular weight is 589 g/mol. The number of hydrogen-bond acceptors (Lipinski definition) is 5. The molecule has 6 nitrogen and oxygen atoms in total. The molecule has 1 N–H and O–H groups in total. The van der Waals surface area contributed by atoms with Gasteiger partial charge in [0, 0.05) is 56.0 Å². The summed E-state index contributed by atoms with van der Waals surface area (Å²) in [5.41, 5.74) is 2.07. The van der Waals surface area contributed by atoms with Crippen LogP contribution in [-0.4, -0.2) is 65.5 Å². The van der Waals surface area contributed by atoms with Gasteiger partial charge >= 0.3 is 0 Å². The summed E-state index contributed by atoms with van der Waals surface area (Å²) in [6, 6.07) is 14.2. The lowest BCUT2D eigenvalue weighted by Gasteiger charge is -2.47. The van der Waals surface area contributed by atoms with Crippen LogP contribution in [0.2, 0.25) is 10.0 Å².